The van der Waals surface area contributed by atoms with Crippen LogP contribution in [0, 0.1) is 5.82 Å². The summed E-state index contributed by atoms with van der Waals surface area (Å²) in [4.78, 5) is 9.31. The van der Waals surface area contributed by atoms with E-state index < -0.39 is 0 Å². The third-order valence-corrected chi connectivity index (χ3v) is 6.04. The Labute approximate surface area is 182 Å². The van der Waals surface area contributed by atoms with Crippen LogP contribution >= 0.6 is 35.6 Å². The monoisotopic (exact) mass is 508 g/mol. The Morgan fingerprint density at radius 2 is 2.07 bits per heavy atom. The Kier molecular flexibility index (Phi) is 7.21. The van der Waals surface area contributed by atoms with Crippen LogP contribution in [0.25, 0.3) is 0 Å². The molecule has 27 heavy (non-hydrogen) atoms. The molecule has 1 N–H and O–H groups in total. The standard InChI is InChI=1S/C19H26ClFN4O.HI/c1-22-19(25-6-5-13(12-25)24-7-9-26-10-8-24)23-17-11-14(17)18-15(20)3-2-4-16(18)21;/h2-4,13-14,17H,5-12H2,1H3,(H,22,23);1H. The van der Waals surface area contributed by atoms with E-state index in [2.05, 4.69) is 20.1 Å². The van der Waals surface area contributed by atoms with Crippen molar-refractivity contribution in [2.24, 2.45) is 4.99 Å². The normalized spacial score (nSPS) is 28.8. The second kappa shape index (κ2) is 9.24. The van der Waals surface area contributed by atoms with Crippen LogP contribution in [0.1, 0.15) is 24.3 Å². The number of ether oxygens (including phenoxy) is 1. The molecule has 3 atom stereocenters. The number of guanidine groups is 1. The van der Waals surface area contributed by atoms with Gasteiger partial charge in [-0.1, -0.05) is 17.7 Å². The lowest BCUT2D eigenvalue weighted by Crippen LogP contribution is -2.47. The maximum atomic E-state index is 14.1. The Morgan fingerprint density at radius 3 is 2.78 bits per heavy atom. The van der Waals surface area contributed by atoms with Crippen LogP contribution in [-0.4, -0.2) is 74.3 Å². The molecule has 0 amide bonds. The molecule has 3 fully saturated rings. The zero-order valence-electron chi connectivity index (χ0n) is 15.5. The average molecular weight is 509 g/mol. The molecule has 150 valence electrons. The van der Waals surface area contributed by atoms with E-state index in [-0.39, 0.29) is 41.8 Å². The minimum absolute atomic E-state index is 0. The molecule has 3 unspecified atom stereocenters. The minimum Gasteiger partial charge on any atom is -0.379 e. The second-order valence-electron chi connectivity index (χ2n) is 7.31. The molecule has 2 heterocycles. The highest BCUT2D eigenvalue weighted by molar-refractivity contribution is 14.0. The molecular weight excluding hydrogens is 482 g/mol. The highest BCUT2D eigenvalue weighted by Crippen LogP contribution is 2.45. The molecule has 0 spiro atoms. The van der Waals surface area contributed by atoms with E-state index in [9.17, 15) is 4.39 Å². The zero-order chi connectivity index (χ0) is 18.1. The summed E-state index contributed by atoms with van der Waals surface area (Å²) in [5, 5.41) is 4.03. The quantitative estimate of drug-likeness (QED) is 0.387. The fraction of sp³-hybridized carbons (Fsp3) is 0.632. The number of hydrogen-bond acceptors (Lipinski definition) is 3. The molecule has 8 heteroatoms. The van der Waals surface area contributed by atoms with Gasteiger partial charge in [0, 0.05) is 61.8 Å². The summed E-state index contributed by atoms with van der Waals surface area (Å²) in [5.74, 6) is 0.828. The molecule has 0 bridgehead atoms. The topological polar surface area (TPSA) is 40.1 Å². The van der Waals surface area contributed by atoms with Crippen LogP contribution < -0.4 is 5.32 Å². The molecular formula is C19H27ClFIN4O. The van der Waals surface area contributed by atoms with E-state index >= 15 is 0 Å². The van der Waals surface area contributed by atoms with Gasteiger partial charge in [0.25, 0.3) is 0 Å². The lowest BCUT2D eigenvalue weighted by Gasteiger charge is -2.32. The molecule has 5 nitrogen and oxygen atoms in total. The van der Waals surface area contributed by atoms with Crippen LogP contribution in [0.15, 0.2) is 23.2 Å². The van der Waals surface area contributed by atoms with E-state index in [0.717, 1.165) is 58.2 Å². The van der Waals surface area contributed by atoms with Gasteiger partial charge in [-0.3, -0.25) is 9.89 Å². The fourth-order valence-electron chi connectivity index (χ4n) is 4.18. The van der Waals surface area contributed by atoms with Crippen LogP contribution in [0.4, 0.5) is 4.39 Å². The van der Waals surface area contributed by atoms with E-state index in [0.29, 0.717) is 16.6 Å². The first-order valence-corrected chi connectivity index (χ1v) is 9.79. The number of benzene rings is 1. The molecule has 0 radical (unpaired) electrons. The van der Waals surface area contributed by atoms with Crippen LogP contribution in [0.3, 0.4) is 0 Å². The molecule has 4 rings (SSSR count). The second-order valence-corrected chi connectivity index (χ2v) is 7.72. The fourth-order valence-corrected chi connectivity index (χ4v) is 4.48. The number of rotatable bonds is 3. The van der Waals surface area contributed by atoms with E-state index in [1.165, 1.54) is 6.07 Å². The molecule has 1 saturated carbocycles. The Balaban J connectivity index is 0.00000210. The number of morpholine rings is 1. The molecule has 2 saturated heterocycles. The first kappa shape index (κ1) is 21.1. The molecule has 2 aliphatic heterocycles. The van der Waals surface area contributed by atoms with Crippen molar-refractivity contribution < 1.29 is 9.13 Å². The van der Waals surface area contributed by atoms with Gasteiger partial charge in [0.1, 0.15) is 5.82 Å². The molecule has 3 aliphatic rings. The van der Waals surface area contributed by atoms with Gasteiger partial charge >= 0.3 is 0 Å². The molecule has 0 aromatic heterocycles. The molecule has 1 aliphatic carbocycles. The smallest absolute Gasteiger partial charge is 0.193 e. The predicted molar refractivity (Wildman–Crippen MR) is 117 cm³/mol. The van der Waals surface area contributed by atoms with Crippen molar-refractivity contribution in [3.05, 3.63) is 34.6 Å². The summed E-state index contributed by atoms with van der Waals surface area (Å²) in [7, 11) is 1.82. The van der Waals surface area contributed by atoms with Crippen molar-refractivity contribution in [2.75, 3.05) is 46.4 Å². The number of nitrogens with one attached hydrogen (secondary N) is 1. The molecule has 1 aromatic rings. The largest absolute Gasteiger partial charge is 0.379 e. The van der Waals surface area contributed by atoms with E-state index in [1.807, 2.05) is 7.05 Å². The third kappa shape index (κ3) is 4.68. The predicted octanol–water partition coefficient (Wildman–Crippen LogP) is 2.93. The van der Waals surface area contributed by atoms with Gasteiger partial charge < -0.3 is 15.0 Å². The molecule has 1 aromatic carbocycles. The van der Waals surface area contributed by atoms with Crippen LogP contribution in [-0.2, 0) is 4.74 Å². The van der Waals surface area contributed by atoms with Gasteiger partial charge in [-0.25, -0.2) is 4.39 Å². The Hall–Kier alpha value is -0.640. The number of likely N-dealkylation sites (tertiary alicyclic amines) is 1. The highest BCUT2D eigenvalue weighted by Gasteiger charge is 2.43. The van der Waals surface area contributed by atoms with Crippen LogP contribution in [0.2, 0.25) is 5.02 Å². The Bertz CT molecular complexity index is 665. The van der Waals surface area contributed by atoms with Crippen molar-refractivity contribution in [3.63, 3.8) is 0 Å². The summed E-state index contributed by atoms with van der Waals surface area (Å²) in [6, 6.07) is 5.66. The van der Waals surface area contributed by atoms with Gasteiger partial charge in [-0.15, -0.1) is 24.0 Å². The Morgan fingerprint density at radius 1 is 1.30 bits per heavy atom. The number of hydrogen-bond donors (Lipinski definition) is 1. The van der Waals surface area contributed by atoms with Crippen LogP contribution in [0.5, 0.6) is 0 Å². The first-order chi connectivity index (χ1) is 12.7. The van der Waals surface area contributed by atoms with Gasteiger partial charge in [0.15, 0.2) is 5.96 Å². The zero-order valence-corrected chi connectivity index (χ0v) is 18.6. The van der Waals surface area contributed by atoms with Gasteiger partial charge in [-0.05, 0) is 25.0 Å². The van der Waals surface area contributed by atoms with Gasteiger partial charge in [0.05, 0.1) is 13.2 Å². The SMILES string of the molecule is CN=C(NC1CC1c1c(F)cccc1Cl)N1CCC(N2CCOCC2)C1.I. The van der Waals surface area contributed by atoms with Crippen molar-refractivity contribution in [1.82, 2.24) is 15.1 Å². The highest BCUT2D eigenvalue weighted by atomic mass is 127. The average Bonchev–Trinajstić information content (AvgIpc) is 3.22. The third-order valence-electron chi connectivity index (χ3n) is 5.71. The summed E-state index contributed by atoms with van der Waals surface area (Å²) in [5.41, 5.74) is 0.634. The number of halogens is 3. The lowest BCUT2D eigenvalue weighted by molar-refractivity contribution is 0.0195. The number of nitrogens with zero attached hydrogens (tertiary/aromatic N) is 3. The minimum atomic E-state index is -0.213. The lowest BCUT2D eigenvalue weighted by atomic mass is 10.1. The van der Waals surface area contributed by atoms with Crippen molar-refractivity contribution in [2.45, 2.75) is 30.8 Å². The summed E-state index contributed by atoms with van der Waals surface area (Å²) >= 11 is 6.21. The van der Waals surface area contributed by atoms with Gasteiger partial charge in [-0.2, -0.15) is 0 Å². The maximum absolute atomic E-state index is 14.1. The maximum Gasteiger partial charge on any atom is 0.193 e. The summed E-state index contributed by atoms with van der Waals surface area (Å²) < 4.78 is 19.6. The first-order valence-electron chi connectivity index (χ1n) is 9.41. The number of aliphatic imine (C=N–C) groups is 1. The van der Waals surface area contributed by atoms with E-state index in [1.54, 1.807) is 12.1 Å². The summed E-state index contributed by atoms with van der Waals surface area (Å²) in [6.07, 6.45) is 2.04. The van der Waals surface area contributed by atoms with Crippen molar-refractivity contribution in [3.8, 4) is 0 Å². The van der Waals surface area contributed by atoms with Gasteiger partial charge in [0.2, 0.25) is 0 Å². The van der Waals surface area contributed by atoms with E-state index in [4.69, 9.17) is 16.3 Å². The summed E-state index contributed by atoms with van der Waals surface area (Å²) in [6.45, 7) is 5.67. The van der Waals surface area contributed by atoms with Crippen molar-refractivity contribution >= 4 is 41.5 Å². The van der Waals surface area contributed by atoms with Crippen molar-refractivity contribution in [1.29, 1.82) is 0 Å².